The molecular formula is C27H39N5O6. The first kappa shape index (κ1) is 28.9. The number of hydrogen-bond donors (Lipinski definition) is 3. The molecule has 1 aromatic carbocycles. The number of piperidine rings is 1. The smallest absolute Gasteiger partial charge is 0.410 e. The van der Waals surface area contributed by atoms with Gasteiger partial charge in [0.1, 0.15) is 18.7 Å². The maximum Gasteiger partial charge on any atom is 0.410 e. The van der Waals surface area contributed by atoms with Crippen LogP contribution in [0.2, 0.25) is 0 Å². The van der Waals surface area contributed by atoms with Crippen molar-refractivity contribution >= 4 is 29.7 Å². The number of benzene rings is 1. The minimum atomic E-state index is -0.829. The largest absolute Gasteiger partial charge is 0.445 e. The average Bonchev–Trinajstić information content (AvgIpc) is 3.40. The van der Waals surface area contributed by atoms with E-state index in [1.54, 1.807) is 9.80 Å². The van der Waals surface area contributed by atoms with Crippen molar-refractivity contribution < 1.29 is 28.7 Å². The molecule has 2 aliphatic rings. The second kappa shape index (κ2) is 13.8. The van der Waals surface area contributed by atoms with Gasteiger partial charge in [0, 0.05) is 25.6 Å². The lowest BCUT2D eigenvalue weighted by Gasteiger charge is -2.34. The molecule has 38 heavy (non-hydrogen) atoms. The number of primary amides is 1. The molecule has 2 aliphatic heterocycles. The zero-order valence-electron chi connectivity index (χ0n) is 22.2. The third kappa shape index (κ3) is 8.19. The predicted molar refractivity (Wildman–Crippen MR) is 139 cm³/mol. The fourth-order valence-electron chi connectivity index (χ4n) is 4.93. The van der Waals surface area contributed by atoms with Crippen molar-refractivity contribution in [2.45, 2.75) is 64.6 Å². The zero-order chi connectivity index (χ0) is 27.7. The number of nitrogens with zero attached hydrogens (tertiary/aromatic N) is 2. The second-order valence-electron chi connectivity index (χ2n) is 10.4. The van der Waals surface area contributed by atoms with Gasteiger partial charge in [-0.05, 0) is 43.6 Å². The van der Waals surface area contributed by atoms with E-state index < -0.39 is 30.0 Å². The van der Waals surface area contributed by atoms with Crippen LogP contribution in [-0.2, 0) is 30.5 Å². The van der Waals surface area contributed by atoms with Gasteiger partial charge in [-0.2, -0.15) is 0 Å². The Morgan fingerprint density at radius 3 is 2.34 bits per heavy atom. The second-order valence-corrected chi connectivity index (χ2v) is 10.4. The molecule has 0 bridgehead atoms. The van der Waals surface area contributed by atoms with Gasteiger partial charge in [0.2, 0.25) is 23.6 Å². The Labute approximate surface area is 223 Å². The Bertz CT molecular complexity index is 993. The van der Waals surface area contributed by atoms with Crippen LogP contribution in [0.3, 0.4) is 0 Å². The summed E-state index contributed by atoms with van der Waals surface area (Å²) in [7, 11) is 0. The summed E-state index contributed by atoms with van der Waals surface area (Å²) in [5.41, 5.74) is 6.02. The first-order valence-electron chi connectivity index (χ1n) is 13.3. The quantitative estimate of drug-likeness (QED) is 0.414. The van der Waals surface area contributed by atoms with Gasteiger partial charge in [-0.1, -0.05) is 44.2 Å². The molecule has 1 unspecified atom stereocenters. The fourth-order valence-corrected chi connectivity index (χ4v) is 4.93. The van der Waals surface area contributed by atoms with Crippen molar-refractivity contribution in [3.8, 4) is 0 Å². The SMILES string of the molecule is CC(C)C[C@@H](NC(=O)C1CCCN1C(=O)C1CCN(C(=O)OCc2ccccc2)CC1)C(=O)NCC(N)=O. The highest BCUT2D eigenvalue weighted by Crippen LogP contribution is 2.26. The minimum absolute atomic E-state index is 0.0986. The van der Waals surface area contributed by atoms with Crippen LogP contribution in [0.1, 0.15) is 51.5 Å². The normalized spacial score (nSPS) is 18.7. The van der Waals surface area contributed by atoms with Crippen molar-refractivity contribution in [1.29, 1.82) is 0 Å². The highest BCUT2D eigenvalue weighted by Gasteiger charge is 2.39. The third-order valence-electron chi connectivity index (χ3n) is 6.92. The van der Waals surface area contributed by atoms with Crippen LogP contribution in [0.25, 0.3) is 0 Å². The van der Waals surface area contributed by atoms with Crippen molar-refractivity contribution in [2.24, 2.45) is 17.6 Å². The lowest BCUT2D eigenvalue weighted by Crippen LogP contribution is -2.55. The molecular weight excluding hydrogens is 490 g/mol. The van der Waals surface area contributed by atoms with E-state index in [0.717, 1.165) is 5.56 Å². The monoisotopic (exact) mass is 529 g/mol. The first-order chi connectivity index (χ1) is 18.2. The number of carbonyl (C=O) groups is 5. The summed E-state index contributed by atoms with van der Waals surface area (Å²) in [6.45, 7) is 5.03. The number of rotatable bonds is 10. The lowest BCUT2D eigenvalue weighted by molar-refractivity contribution is -0.143. The van der Waals surface area contributed by atoms with Crippen LogP contribution in [0.5, 0.6) is 0 Å². The van der Waals surface area contributed by atoms with Crippen molar-refractivity contribution in [2.75, 3.05) is 26.2 Å². The minimum Gasteiger partial charge on any atom is -0.445 e. The summed E-state index contributed by atoms with van der Waals surface area (Å²) in [6.07, 6.45) is 2.18. The number of nitrogens with one attached hydrogen (secondary N) is 2. The van der Waals surface area contributed by atoms with Crippen LogP contribution in [0.15, 0.2) is 30.3 Å². The maximum absolute atomic E-state index is 13.4. The van der Waals surface area contributed by atoms with Gasteiger partial charge >= 0.3 is 6.09 Å². The summed E-state index contributed by atoms with van der Waals surface area (Å²) in [4.78, 5) is 65.8. The summed E-state index contributed by atoms with van der Waals surface area (Å²) >= 11 is 0. The fraction of sp³-hybridized carbons (Fsp3) is 0.593. The van der Waals surface area contributed by atoms with Gasteiger partial charge in [-0.25, -0.2) is 4.79 Å². The molecule has 0 aliphatic carbocycles. The molecule has 2 heterocycles. The number of hydrogen-bond acceptors (Lipinski definition) is 6. The number of ether oxygens (including phenoxy) is 1. The lowest BCUT2D eigenvalue weighted by atomic mass is 9.95. The van der Waals surface area contributed by atoms with Crippen LogP contribution in [0.4, 0.5) is 4.79 Å². The van der Waals surface area contributed by atoms with Crippen molar-refractivity contribution in [3.05, 3.63) is 35.9 Å². The van der Waals surface area contributed by atoms with E-state index in [2.05, 4.69) is 10.6 Å². The molecule has 2 fully saturated rings. The summed E-state index contributed by atoms with van der Waals surface area (Å²) in [5.74, 6) is -1.79. The van der Waals surface area contributed by atoms with Crippen LogP contribution >= 0.6 is 0 Å². The number of amides is 5. The molecule has 0 saturated carbocycles. The van der Waals surface area contributed by atoms with Crippen LogP contribution in [0, 0.1) is 11.8 Å². The topological polar surface area (TPSA) is 151 Å². The highest BCUT2D eigenvalue weighted by atomic mass is 16.6. The standard InChI is InChI=1S/C27H39N5O6/c1-18(2)15-21(24(34)29-16-23(28)33)30-25(35)22-9-6-12-32(22)26(36)20-10-13-31(14-11-20)27(37)38-17-19-7-4-3-5-8-19/h3-5,7-8,18,20-22H,6,9-17H2,1-2H3,(H2,28,33)(H,29,34)(H,30,35)/t21-,22?/m1/s1. The van der Waals surface area contributed by atoms with Gasteiger partial charge in [-0.15, -0.1) is 0 Å². The molecule has 0 radical (unpaired) electrons. The molecule has 3 rings (SSSR count). The summed E-state index contributed by atoms with van der Waals surface area (Å²) in [5, 5.41) is 5.23. The van der Waals surface area contributed by atoms with Gasteiger partial charge in [0.05, 0.1) is 6.54 Å². The van der Waals surface area contributed by atoms with E-state index in [-0.39, 0.29) is 36.8 Å². The van der Waals surface area contributed by atoms with E-state index in [0.29, 0.717) is 51.7 Å². The Hall–Kier alpha value is -3.63. The van der Waals surface area contributed by atoms with Gasteiger partial charge < -0.3 is 30.9 Å². The third-order valence-corrected chi connectivity index (χ3v) is 6.92. The maximum atomic E-state index is 13.4. The van der Waals surface area contributed by atoms with Crippen molar-refractivity contribution in [3.63, 3.8) is 0 Å². The molecule has 208 valence electrons. The molecule has 2 saturated heterocycles. The molecule has 0 spiro atoms. The van der Waals surface area contributed by atoms with Gasteiger partial charge in [-0.3, -0.25) is 19.2 Å². The molecule has 11 heteroatoms. The Balaban J connectivity index is 1.52. The predicted octanol–water partition coefficient (Wildman–Crippen LogP) is 1.16. The molecule has 11 nitrogen and oxygen atoms in total. The number of likely N-dealkylation sites (tertiary alicyclic amines) is 2. The Kier molecular flexibility index (Phi) is 10.5. The first-order valence-corrected chi connectivity index (χ1v) is 13.3. The van der Waals surface area contributed by atoms with Gasteiger partial charge in [0.25, 0.3) is 0 Å². The number of nitrogens with two attached hydrogens (primary N) is 1. The van der Waals surface area contributed by atoms with E-state index in [4.69, 9.17) is 10.5 Å². The molecule has 5 amide bonds. The van der Waals surface area contributed by atoms with E-state index in [1.807, 2.05) is 44.2 Å². The molecule has 4 N–H and O–H groups in total. The molecule has 1 aromatic rings. The molecule has 2 atom stereocenters. The van der Waals surface area contributed by atoms with Crippen LogP contribution < -0.4 is 16.4 Å². The molecule has 0 aromatic heterocycles. The Morgan fingerprint density at radius 2 is 1.71 bits per heavy atom. The Morgan fingerprint density at radius 1 is 1.03 bits per heavy atom. The summed E-state index contributed by atoms with van der Waals surface area (Å²) < 4.78 is 5.41. The summed E-state index contributed by atoms with van der Waals surface area (Å²) in [6, 6.07) is 7.96. The van der Waals surface area contributed by atoms with Crippen LogP contribution in [-0.4, -0.2) is 77.8 Å². The van der Waals surface area contributed by atoms with E-state index in [9.17, 15) is 24.0 Å². The number of carbonyl (C=O) groups excluding carboxylic acids is 5. The van der Waals surface area contributed by atoms with E-state index >= 15 is 0 Å². The van der Waals surface area contributed by atoms with Crippen molar-refractivity contribution in [1.82, 2.24) is 20.4 Å². The highest BCUT2D eigenvalue weighted by molar-refractivity contribution is 5.93. The average molecular weight is 530 g/mol. The zero-order valence-corrected chi connectivity index (χ0v) is 22.2. The van der Waals surface area contributed by atoms with Gasteiger partial charge in [0.15, 0.2) is 0 Å². The van der Waals surface area contributed by atoms with E-state index in [1.165, 1.54) is 0 Å².